The molecule has 4 nitrogen and oxygen atoms in total. The zero-order valence-electron chi connectivity index (χ0n) is 9.80. The Kier molecular flexibility index (Phi) is 3.64. The van der Waals surface area contributed by atoms with Gasteiger partial charge >= 0.3 is 0 Å². The average Bonchev–Trinajstić information content (AvgIpc) is 2.38. The van der Waals surface area contributed by atoms with Gasteiger partial charge in [-0.3, -0.25) is 4.79 Å². The van der Waals surface area contributed by atoms with Gasteiger partial charge in [0.25, 0.3) is 5.91 Å². The van der Waals surface area contributed by atoms with Gasteiger partial charge in [-0.15, -0.1) is 0 Å². The van der Waals surface area contributed by atoms with Crippen molar-refractivity contribution in [3.8, 4) is 0 Å². The van der Waals surface area contributed by atoms with Gasteiger partial charge in [0, 0.05) is 30.9 Å². The number of nitrogen functional groups attached to an aromatic ring is 1. The average molecular weight is 234 g/mol. The summed E-state index contributed by atoms with van der Waals surface area (Å²) >= 11 is 0. The lowest BCUT2D eigenvalue weighted by molar-refractivity contribution is 0.0621. The Hall–Kier alpha value is -1.55. The van der Waals surface area contributed by atoms with E-state index in [1.54, 1.807) is 29.2 Å². The second-order valence-corrected chi connectivity index (χ2v) is 4.57. The third-order valence-corrected chi connectivity index (χ3v) is 3.20. The Morgan fingerprint density at radius 1 is 1.53 bits per heavy atom. The summed E-state index contributed by atoms with van der Waals surface area (Å²) in [5.74, 6) is 0.226. The van der Waals surface area contributed by atoms with Gasteiger partial charge in [0.2, 0.25) is 0 Å². The monoisotopic (exact) mass is 234 g/mol. The van der Waals surface area contributed by atoms with Gasteiger partial charge in [-0.25, -0.2) is 0 Å². The van der Waals surface area contributed by atoms with Gasteiger partial charge in [0.05, 0.1) is 0 Å². The summed E-state index contributed by atoms with van der Waals surface area (Å²) < 4.78 is 0. The highest BCUT2D eigenvalue weighted by Crippen LogP contribution is 2.18. The number of hydrogen-bond acceptors (Lipinski definition) is 3. The maximum Gasteiger partial charge on any atom is 0.253 e. The largest absolute Gasteiger partial charge is 0.399 e. The van der Waals surface area contributed by atoms with Gasteiger partial charge in [-0.2, -0.15) is 0 Å². The first-order chi connectivity index (χ1) is 8.20. The zero-order valence-corrected chi connectivity index (χ0v) is 9.80. The molecule has 1 aromatic rings. The molecule has 1 fully saturated rings. The smallest absolute Gasteiger partial charge is 0.253 e. The third-order valence-electron chi connectivity index (χ3n) is 3.20. The van der Waals surface area contributed by atoms with Gasteiger partial charge < -0.3 is 15.7 Å². The maximum absolute atomic E-state index is 12.2. The molecule has 3 N–H and O–H groups in total. The Balaban J connectivity index is 2.09. The standard InChI is InChI=1S/C13H18N2O2/c14-12-5-1-4-11(7-12)13(17)15-6-2-3-10(8-15)9-16/h1,4-5,7,10,16H,2-3,6,8-9,14H2. The van der Waals surface area contributed by atoms with E-state index in [2.05, 4.69) is 0 Å². The van der Waals surface area contributed by atoms with E-state index in [4.69, 9.17) is 10.8 Å². The number of nitrogens with two attached hydrogens (primary N) is 1. The summed E-state index contributed by atoms with van der Waals surface area (Å²) in [5.41, 5.74) is 6.90. The summed E-state index contributed by atoms with van der Waals surface area (Å²) in [6.45, 7) is 1.56. The number of benzene rings is 1. The van der Waals surface area contributed by atoms with Crippen molar-refractivity contribution in [1.29, 1.82) is 0 Å². The SMILES string of the molecule is Nc1cccc(C(=O)N2CCCC(CO)C2)c1. The van der Waals surface area contributed by atoms with Crippen LogP contribution in [-0.4, -0.2) is 35.6 Å². The van der Waals surface area contributed by atoms with E-state index in [1.807, 2.05) is 0 Å². The van der Waals surface area contributed by atoms with Crippen LogP contribution in [0.25, 0.3) is 0 Å². The lowest BCUT2D eigenvalue weighted by Crippen LogP contribution is -2.40. The number of carbonyl (C=O) groups is 1. The molecule has 92 valence electrons. The third kappa shape index (κ3) is 2.77. The summed E-state index contributed by atoms with van der Waals surface area (Å²) in [7, 11) is 0. The molecule has 4 heteroatoms. The van der Waals surface area contributed by atoms with Crippen LogP contribution in [0.1, 0.15) is 23.2 Å². The minimum atomic E-state index is 0.00968. The molecule has 0 bridgehead atoms. The number of aliphatic hydroxyl groups excluding tert-OH is 1. The first-order valence-electron chi connectivity index (χ1n) is 5.96. The first-order valence-corrected chi connectivity index (χ1v) is 5.96. The van der Waals surface area contributed by atoms with Crippen molar-refractivity contribution in [3.05, 3.63) is 29.8 Å². The van der Waals surface area contributed by atoms with Crippen molar-refractivity contribution in [3.63, 3.8) is 0 Å². The number of likely N-dealkylation sites (tertiary alicyclic amines) is 1. The summed E-state index contributed by atoms with van der Waals surface area (Å²) in [5, 5.41) is 9.15. The minimum Gasteiger partial charge on any atom is -0.399 e. The molecule has 17 heavy (non-hydrogen) atoms. The van der Waals surface area contributed by atoms with Crippen LogP contribution in [0, 0.1) is 5.92 Å². The quantitative estimate of drug-likeness (QED) is 0.753. The number of nitrogens with zero attached hydrogens (tertiary/aromatic N) is 1. The molecule has 1 saturated heterocycles. The second kappa shape index (κ2) is 5.19. The Bertz CT molecular complexity index is 406. The number of carbonyl (C=O) groups excluding carboxylic acids is 1. The van der Waals surface area contributed by atoms with E-state index in [0.29, 0.717) is 17.8 Å². The Labute approximate surface area is 101 Å². The molecule has 0 radical (unpaired) electrons. The fourth-order valence-corrected chi connectivity index (χ4v) is 2.25. The molecule has 1 unspecified atom stereocenters. The summed E-state index contributed by atoms with van der Waals surface area (Å²) in [6, 6.07) is 7.03. The van der Waals surface area contributed by atoms with Crippen molar-refractivity contribution < 1.29 is 9.90 Å². The summed E-state index contributed by atoms with van der Waals surface area (Å²) in [6.07, 6.45) is 1.95. The lowest BCUT2D eigenvalue weighted by atomic mass is 9.98. The van der Waals surface area contributed by atoms with E-state index in [9.17, 15) is 4.79 Å². The highest BCUT2D eigenvalue weighted by Gasteiger charge is 2.23. The number of hydrogen-bond donors (Lipinski definition) is 2. The highest BCUT2D eigenvalue weighted by molar-refractivity contribution is 5.95. The Morgan fingerprint density at radius 3 is 3.06 bits per heavy atom. The molecule has 1 heterocycles. The zero-order chi connectivity index (χ0) is 12.3. The van der Waals surface area contributed by atoms with Crippen LogP contribution in [0.5, 0.6) is 0 Å². The van der Waals surface area contributed by atoms with E-state index in [1.165, 1.54) is 0 Å². The topological polar surface area (TPSA) is 66.6 Å². The van der Waals surface area contributed by atoms with Crippen LogP contribution in [0.4, 0.5) is 5.69 Å². The molecule has 1 atom stereocenters. The second-order valence-electron chi connectivity index (χ2n) is 4.57. The normalized spacial score (nSPS) is 20.3. The summed E-state index contributed by atoms with van der Waals surface area (Å²) in [4.78, 5) is 14.0. The van der Waals surface area contributed by atoms with Gasteiger partial charge in [-0.05, 0) is 37.0 Å². The van der Waals surface area contributed by atoms with Crippen LogP contribution >= 0.6 is 0 Å². The molecule has 0 aliphatic carbocycles. The van der Waals surface area contributed by atoms with Crippen LogP contribution in [0.3, 0.4) is 0 Å². The highest BCUT2D eigenvalue weighted by atomic mass is 16.3. The minimum absolute atomic E-state index is 0.00968. The molecule has 0 saturated carbocycles. The van der Waals surface area contributed by atoms with Crippen molar-refractivity contribution in [2.24, 2.45) is 5.92 Å². The van der Waals surface area contributed by atoms with Crippen LogP contribution < -0.4 is 5.73 Å². The van der Waals surface area contributed by atoms with Crippen LogP contribution in [0.15, 0.2) is 24.3 Å². The van der Waals surface area contributed by atoms with E-state index >= 15 is 0 Å². The Morgan fingerprint density at radius 2 is 2.35 bits per heavy atom. The fourth-order valence-electron chi connectivity index (χ4n) is 2.25. The number of aliphatic hydroxyl groups is 1. The predicted molar refractivity (Wildman–Crippen MR) is 66.6 cm³/mol. The van der Waals surface area contributed by atoms with Crippen molar-refractivity contribution in [2.45, 2.75) is 12.8 Å². The fraction of sp³-hybridized carbons (Fsp3) is 0.462. The van der Waals surface area contributed by atoms with E-state index in [0.717, 1.165) is 19.4 Å². The molecule has 0 aromatic heterocycles. The molecule has 1 aliphatic heterocycles. The molecule has 1 aliphatic rings. The number of amides is 1. The molecule has 2 rings (SSSR count). The van der Waals surface area contributed by atoms with Gasteiger partial charge in [0.15, 0.2) is 0 Å². The van der Waals surface area contributed by atoms with E-state index in [-0.39, 0.29) is 18.4 Å². The molecule has 1 amide bonds. The number of piperidine rings is 1. The first kappa shape index (κ1) is 11.9. The predicted octanol–water partition coefficient (Wildman–Crippen LogP) is 1.11. The van der Waals surface area contributed by atoms with Crippen molar-refractivity contribution in [1.82, 2.24) is 4.90 Å². The molecule has 0 spiro atoms. The molecule has 1 aromatic carbocycles. The van der Waals surface area contributed by atoms with Crippen molar-refractivity contribution >= 4 is 11.6 Å². The van der Waals surface area contributed by atoms with Gasteiger partial charge in [0.1, 0.15) is 0 Å². The maximum atomic E-state index is 12.2. The molecular formula is C13H18N2O2. The lowest BCUT2D eigenvalue weighted by Gasteiger charge is -2.31. The van der Waals surface area contributed by atoms with Crippen LogP contribution in [-0.2, 0) is 0 Å². The van der Waals surface area contributed by atoms with Crippen LogP contribution in [0.2, 0.25) is 0 Å². The van der Waals surface area contributed by atoms with Crippen molar-refractivity contribution in [2.75, 3.05) is 25.4 Å². The van der Waals surface area contributed by atoms with E-state index < -0.39 is 0 Å². The molecular weight excluding hydrogens is 216 g/mol. The van der Waals surface area contributed by atoms with Gasteiger partial charge in [-0.1, -0.05) is 6.07 Å². The number of anilines is 1. The number of rotatable bonds is 2.